The number of amides is 2. The number of nitrogens with zero attached hydrogens (tertiary/aromatic N) is 4. The van der Waals surface area contributed by atoms with Gasteiger partial charge in [-0.2, -0.15) is 5.10 Å². The summed E-state index contributed by atoms with van der Waals surface area (Å²) in [5, 5.41) is 18.1. The van der Waals surface area contributed by atoms with Gasteiger partial charge in [-0.3, -0.25) is 24.4 Å². The Morgan fingerprint density at radius 3 is 2.43 bits per heavy atom. The molecule has 3 rings (SSSR count). The van der Waals surface area contributed by atoms with Crippen LogP contribution in [0.1, 0.15) is 54.7 Å². The van der Waals surface area contributed by atoms with Crippen LogP contribution in [0.4, 0.5) is 5.69 Å². The van der Waals surface area contributed by atoms with Crippen molar-refractivity contribution in [2.45, 2.75) is 57.5 Å². The van der Waals surface area contributed by atoms with E-state index >= 15 is 0 Å². The van der Waals surface area contributed by atoms with Crippen LogP contribution < -0.4 is 11.1 Å². The van der Waals surface area contributed by atoms with E-state index in [2.05, 4.69) is 10.4 Å². The van der Waals surface area contributed by atoms with Crippen LogP contribution in [0.2, 0.25) is 0 Å². The molecule has 10 nitrogen and oxygen atoms in total. The molecule has 0 aromatic carbocycles. The molecule has 1 aliphatic heterocycles. The highest BCUT2D eigenvalue weighted by Crippen LogP contribution is 2.29. The van der Waals surface area contributed by atoms with Crippen LogP contribution >= 0.6 is 0 Å². The third-order valence-corrected chi connectivity index (χ3v) is 5.91. The minimum atomic E-state index is -0.572. The zero-order valence-corrected chi connectivity index (χ0v) is 16.4. The molecule has 10 heteroatoms. The molecule has 2 heterocycles. The maximum absolute atomic E-state index is 12.6. The van der Waals surface area contributed by atoms with Gasteiger partial charge in [0.25, 0.3) is 5.91 Å². The van der Waals surface area contributed by atoms with E-state index in [1.54, 1.807) is 0 Å². The Hall–Kier alpha value is -2.49. The van der Waals surface area contributed by atoms with E-state index in [-0.39, 0.29) is 34.9 Å². The van der Waals surface area contributed by atoms with Gasteiger partial charge in [-0.25, -0.2) is 0 Å². The molecule has 28 heavy (non-hydrogen) atoms. The molecule has 1 saturated heterocycles. The van der Waals surface area contributed by atoms with Crippen molar-refractivity contribution < 1.29 is 14.5 Å². The van der Waals surface area contributed by atoms with Crippen LogP contribution in [0.15, 0.2) is 0 Å². The van der Waals surface area contributed by atoms with Crippen molar-refractivity contribution in [3.63, 3.8) is 0 Å². The average molecular weight is 392 g/mol. The SMILES string of the molecule is Cc1nn(C)c(C(=O)NC2CCC(C(N)C(=O)N3CCCC3)CC2)c1[N+](=O)[O-]. The first-order valence-corrected chi connectivity index (χ1v) is 9.82. The van der Waals surface area contributed by atoms with Crippen molar-refractivity contribution >= 4 is 17.5 Å². The van der Waals surface area contributed by atoms with Gasteiger partial charge in [-0.15, -0.1) is 0 Å². The number of likely N-dealkylation sites (tertiary alicyclic amines) is 1. The third kappa shape index (κ3) is 4.01. The zero-order chi connectivity index (χ0) is 20.4. The minimum Gasteiger partial charge on any atom is -0.348 e. The molecule has 1 aromatic heterocycles. The quantitative estimate of drug-likeness (QED) is 0.564. The molecule has 2 amide bonds. The van der Waals surface area contributed by atoms with Crippen LogP contribution in [0.5, 0.6) is 0 Å². The summed E-state index contributed by atoms with van der Waals surface area (Å²) >= 11 is 0. The number of nitro groups is 1. The second kappa shape index (κ2) is 8.26. The van der Waals surface area contributed by atoms with Crippen LogP contribution in [-0.4, -0.2) is 56.6 Å². The summed E-state index contributed by atoms with van der Waals surface area (Å²) in [4.78, 5) is 37.6. The molecule has 0 bridgehead atoms. The van der Waals surface area contributed by atoms with Crippen molar-refractivity contribution in [3.8, 4) is 0 Å². The molecule has 3 N–H and O–H groups in total. The number of carbonyl (C=O) groups is 2. The van der Waals surface area contributed by atoms with Crippen LogP contribution in [-0.2, 0) is 11.8 Å². The Morgan fingerprint density at radius 2 is 1.86 bits per heavy atom. The van der Waals surface area contributed by atoms with Gasteiger partial charge in [0.05, 0.1) is 11.0 Å². The van der Waals surface area contributed by atoms with Crippen LogP contribution in [0.25, 0.3) is 0 Å². The van der Waals surface area contributed by atoms with E-state index in [1.165, 1.54) is 18.7 Å². The van der Waals surface area contributed by atoms with Crippen molar-refractivity contribution in [1.29, 1.82) is 0 Å². The van der Waals surface area contributed by atoms with E-state index in [0.717, 1.165) is 38.8 Å². The van der Waals surface area contributed by atoms with Gasteiger partial charge in [0.15, 0.2) is 0 Å². The van der Waals surface area contributed by atoms with E-state index in [1.807, 2.05) is 4.90 Å². The van der Waals surface area contributed by atoms with E-state index in [9.17, 15) is 19.7 Å². The molecule has 0 radical (unpaired) electrons. The van der Waals surface area contributed by atoms with Crippen molar-refractivity contribution in [1.82, 2.24) is 20.0 Å². The Labute approximate surface area is 163 Å². The molecular formula is C18H28N6O4. The fourth-order valence-electron chi connectivity index (χ4n) is 4.35. The van der Waals surface area contributed by atoms with Crippen molar-refractivity contribution in [2.75, 3.05) is 13.1 Å². The number of carbonyl (C=O) groups excluding carboxylic acids is 2. The summed E-state index contributed by atoms with van der Waals surface area (Å²) in [7, 11) is 1.52. The molecule has 1 saturated carbocycles. The highest BCUT2D eigenvalue weighted by molar-refractivity contribution is 5.97. The van der Waals surface area contributed by atoms with Crippen molar-refractivity contribution in [3.05, 3.63) is 21.5 Å². The van der Waals surface area contributed by atoms with Crippen LogP contribution in [0.3, 0.4) is 0 Å². The zero-order valence-electron chi connectivity index (χ0n) is 16.4. The molecule has 2 fully saturated rings. The molecule has 154 valence electrons. The first-order chi connectivity index (χ1) is 13.3. The van der Waals surface area contributed by atoms with E-state index in [4.69, 9.17) is 5.73 Å². The standard InChI is InChI=1S/C18H28N6O4/c1-11-15(24(27)28)16(22(2)21-11)17(25)20-13-7-5-12(6-8-13)14(19)18(26)23-9-3-4-10-23/h12-14H,3-10,19H2,1-2H3,(H,20,25). The Kier molecular flexibility index (Phi) is 5.97. The monoisotopic (exact) mass is 392 g/mol. The van der Waals surface area contributed by atoms with E-state index in [0.29, 0.717) is 12.8 Å². The van der Waals surface area contributed by atoms with Gasteiger partial charge in [0, 0.05) is 26.2 Å². The molecule has 1 unspecified atom stereocenters. The summed E-state index contributed by atoms with van der Waals surface area (Å²) in [6.07, 6.45) is 4.97. The summed E-state index contributed by atoms with van der Waals surface area (Å²) < 4.78 is 1.25. The molecule has 2 aliphatic rings. The van der Waals surface area contributed by atoms with E-state index < -0.39 is 16.9 Å². The predicted molar refractivity (Wildman–Crippen MR) is 102 cm³/mol. The lowest BCUT2D eigenvalue weighted by molar-refractivity contribution is -0.385. The second-order valence-corrected chi connectivity index (χ2v) is 7.81. The topological polar surface area (TPSA) is 136 Å². The van der Waals surface area contributed by atoms with Crippen molar-refractivity contribution in [2.24, 2.45) is 18.7 Å². The van der Waals surface area contributed by atoms with Gasteiger partial charge in [0.1, 0.15) is 5.69 Å². The summed E-state index contributed by atoms with van der Waals surface area (Å²) in [6, 6.07) is -0.580. The Balaban J connectivity index is 1.56. The number of aromatic nitrogens is 2. The molecule has 1 atom stereocenters. The lowest BCUT2D eigenvalue weighted by atomic mass is 9.81. The lowest BCUT2D eigenvalue weighted by Crippen LogP contribution is -2.49. The minimum absolute atomic E-state index is 0.0333. The number of hydrogen-bond donors (Lipinski definition) is 2. The Bertz CT molecular complexity index is 762. The normalized spacial score (nSPS) is 23.5. The second-order valence-electron chi connectivity index (χ2n) is 7.81. The first-order valence-electron chi connectivity index (χ1n) is 9.82. The average Bonchev–Trinajstić information content (AvgIpc) is 3.28. The highest BCUT2D eigenvalue weighted by atomic mass is 16.6. The number of rotatable bonds is 5. The highest BCUT2D eigenvalue weighted by Gasteiger charge is 2.35. The maximum atomic E-state index is 12.6. The van der Waals surface area contributed by atoms with Gasteiger partial charge < -0.3 is 16.0 Å². The van der Waals surface area contributed by atoms with Gasteiger partial charge in [-0.1, -0.05) is 0 Å². The smallest absolute Gasteiger partial charge is 0.322 e. The third-order valence-electron chi connectivity index (χ3n) is 5.91. The number of nitrogens with one attached hydrogen (secondary N) is 1. The number of hydrogen-bond acceptors (Lipinski definition) is 6. The summed E-state index contributed by atoms with van der Waals surface area (Å²) in [5.74, 6) is -0.351. The molecule has 1 aliphatic carbocycles. The summed E-state index contributed by atoms with van der Waals surface area (Å²) in [6.45, 7) is 3.10. The lowest BCUT2D eigenvalue weighted by Gasteiger charge is -2.33. The number of nitrogens with two attached hydrogens (primary N) is 1. The van der Waals surface area contributed by atoms with Gasteiger partial charge in [0.2, 0.25) is 11.6 Å². The Morgan fingerprint density at radius 1 is 1.25 bits per heavy atom. The largest absolute Gasteiger partial charge is 0.348 e. The van der Waals surface area contributed by atoms with Gasteiger partial charge >= 0.3 is 5.69 Å². The molecular weight excluding hydrogens is 364 g/mol. The molecule has 0 spiro atoms. The number of aryl methyl sites for hydroxylation is 2. The first kappa shape index (κ1) is 20.2. The fourth-order valence-corrected chi connectivity index (χ4v) is 4.35. The fraction of sp³-hybridized carbons (Fsp3) is 0.722. The molecule has 1 aromatic rings. The maximum Gasteiger partial charge on any atom is 0.322 e. The van der Waals surface area contributed by atoms with Crippen LogP contribution in [0, 0.1) is 23.0 Å². The van der Waals surface area contributed by atoms with Gasteiger partial charge in [-0.05, 0) is 51.4 Å². The predicted octanol–water partition coefficient (Wildman–Crippen LogP) is 0.875. The summed E-state index contributed by atoms with van der Waals surface area (Å²) in [5.41, 5.74) is 6.14.